The van der Waals surface area contributed by atoms with E-state index in [9.17, 15) is 9.59 Å². The fourth-order valence-corrected chi connectivity index (χ4v) is 4.17. The number of pyridine rings is 1. The Balaban J connectivity index is 1.56. The van der Waals surface area contributed by atoms with E-state index in [1.165, 1.54) is 0 Å². The van der Waals surface area contributed by atoms with Crippen LogP contribution in [-0.2, 0) is 11.3 Å². The first kappa shape index (κ1) is 21.1. The Morgan fingerprint density at radius 2 is 2.09 bits per heavy atom. The number of anilines is 1. The van der Waals surface area contributed by atoms with Crippen molar-refractivity contribution >= 4 is 34.5 Å². The predicted octanol–water partition coefficient (Wildman–Crippen LogP) is 2.79. The summed E-state index contributed by atoms with van der Waals surface area (Å²) >= 11 is 6.56. The van der Waals surface area contributed by atoms with Crippen LogP contribution in [-0.4, -0.2) is 43.2 Å². The van der Waals surface area contributed by atoms with Crippen LogP contribution in [0.2, 0.25) is 5.02 Å². The lowest BCUT2D eigenvalue weighted by molar-refractivity contribution is -0.119. The summed E-state index contributed by atoms with van der Waals surface area (Å²) in [5.41, 5.74) is 1.96. The quantitative estimate of drug-likeness (QED) is 0.460. The summed E-state index contributed by atoms with van der Waals surface area (Å²) in [4.78, 5) is 38.3. The van der Waals surface area contributed by atoms with Gasteiger partial charge in [-0.2, -0.15) is 9.97 Å². The van der Waals surface area contributed by atoms with Crippen LogP contribution >= 0.6 is 11.6 Å². The highest BCUT2D eigenvalue weighted by atomic mass is 35.5. The number of hydrogen-bond acceptors (Lipinski definition) is 8. The number of fused-ring (bicyclic) bond motifs is 1. The first-order valence-corrected chi connectivity index (χ1v) is 10.9. The van der Waals surface area contributed by atoms with Crippen molar-refractivity contribution in [1.29, 1.82) is 0 Å². The molecule has 10 nitrogen and oxygen atoms in total. The molecule has 33 heavy (non-hydrogen) atoms. The van der Waals surface area contributed by atoms with Crippen molar-refractivity contribution in [3.05, 3.63) is 51.7 Å². The van der Waals surface area contributed by atoms with Crippen molar-refractivity contribution in [2.24, 2.45) is 0 Å². The van der Waals surface area contributed by atoms with Gasteiger partial charge in [0, 0.05) is 53.3 Å². The largest absolute Gasteiger partial charge is 0.354 e. The van der Waals surface area contributed by atoms with Crippen molar-refractivity contribution in [2.45, 2.75) is 32.9 Å². The molecule has 1 unspecified atom stereocenters. The summed E-state index contributed by atoms with van der Waals surface area (Å²) in [6.45, 7) is 4.59. The van der Waals surface area contributed by atoms with E-state index in [0.717, 1.165) is 0 Å². The fraction of sp³-hybridized carbons (Fsp3) is 0.273. The standard InChI is InChI=1S/C22H20ClN7O3/c1-3-30-19-13(10-25-22(28-19)27-17-6-7-24-20(17)31)8-15(21(30)32)14-5-4-12(9-16(14)23)18-26-11(2)33-29-18/h4-5,8-10,17H,3,6-7H2,1-2H3,(H,24,31)(H,25,27,28). The second-order valence-electron chi connectivity index (χ2n) is 7.69. The van der Waals surface area contributed by atoms with Crippen LogP contribution in [0.5, 0.6) is 0 Å². The summed E-state index contributed by atoms with van der Waals surface area (Å²) in [5, 5.41) is 10.8. The maximum atomic E-state index is 13.4. The number of nitrogens with one attached hydrogen (secondary N) is 2. The second kappa shape index (κ2) is 8.28. The van der Waals surface area contributed by atoms with Gasteiger partial charge < -0.3 is 15.2 Å². The third kappa shape index (κ3) is 3.82. The molecule has 168 valence electrons. The van der Waals surface area contributed by atoms with E-state index < -0.39 is 0 Å². The Bertz CT molecular complexity index is 1450. The molecule has 1 aliphatic rings. The van der Waals surface area contributed by atoms with E-state index >= 15 is 0 Å². The Morgan fingerprint density at radius 1 is 1.24 bits per heavy atom. The molecular formula is C22H20ClN7O3. The van der Waals surface area contributed by atoms with Gasteiger partial charge in [0.05, 0.1) is 0 Å². The van der Waals surface area contributed by atoms with Gasteiger partial charge in [-0.15, -0.1) is 0 Å². The zero-order valence-corrected chi connectivity index (χ0v) is 18.7. The minimum Gasteiger partial charge on any atom is -0.354 e. The molecule has 1 fully saturated rings. The number of nitrogens with zero attached hydrogens (tertiary/aromatic N) is 5. The first-order valence-electron chi connectivity index (χ1n) is 10.5. The number of hydrogen-bond donors (Lipinski definition) is 2. The monoisotopic (exact) mass is 465 g/mol. The zero-order chi connectivity index (χ0) is 23.1. The smallest absolute Gasteiger partial charge is 0.260 e. The van der Waals surface area contributed by atoms with E-state index in [-0.39, 0.29) is 17.5 Å². The number of halogens is 1. The van der Waals surface area contributed by atoms with Gasteiger partial charge in [-0.3, -0.25) is 14.2 Å². The van der Waals surface area contributed by atoms with E-state index in [0.29, 0.717) is 69.9 Å². The number of amides is 1. The van der Waals surface area contributed by atoms with Crippen molar-refractivity contribution < 1.29 is 9.32 Å². The molecule has 1 amide bonds. The van der Waals surface area contributed by atoms with Crippen LogP contribution in [0.4, 0.5) is 5.95 Å². The Morgan fingerprint density at radius 3 is 2.76 bits per heavy atom. The van der Waals surface area contributed by atoms with Gasteiger partial charge in [0.15, 0.2) is 0 Å². The molecule has 1 atom stereocenters. The van der Waals surface area contributed by atoms with Gasteiger partial charge in [0.2, 0.25) is 23.6 Å². The molecule has 0 spiro atoms. The molecule has 0 radical (unpaired) electrons. The average molecular weight is 466 g/mol. The molecule has 4 aromatic rings. The van der Waals surface area contributed by atoms with Crippen molar-refractivity contribution in [1.82, 2.24) is 30.0 Å². The van der Waals surface area contributed by atoms with E-state index in [4.69, 9.17) is 16.1 Å². The molecule has 0 bridgehead atoms. The SMILES string of the molecule is CCn1c(=O)c(-c2ccc(-c3noc(C)n3)cc2Cl)cc2cnc(NC3CCNC3=O)nc21. The van der Waals surface area contributed by atoms with Gasteiger partial charge in [0.1, 0.15) is 11.7 Å². The molecule has 11 heteroatoms. The predicted molar refractivity (Wildman–Crippen MR) is 123 cm³/mol. The normalized spacial score (nSPS) is 15.7. The summed E-state index contributed by atoms with van der Waals surface area (Å²) in [5.74, 6) is 1.09. The van der Waals surface area contributed by atoms with E-state index in [1.54, 1.807) is 42.0 Å². The molecule has 1 aliphatic heterocycles. The highest BCUT2D eigenvalue weighted by Gasteiger charge is 2.25. The van der Waals surface area contributed by atoms with E-state index in [1.807, 2.05) is 6.92 Å². The van der Waals surface area contributed by atoms with Crippen LogP contribution in [0.1, 0.15) is 19.2 Å². The molecule has 0 aliphatic carbocycles. The Labute approximate surface area is 193 Å². The lowest BCUT2D eigenvalue weighted by Gasteiger charge is -2.14. The van der Waals surface area contributed by atoms with Gasteiger partial charge in [-0.25, -0.2) is 4.98 Å². The number of aromatic nitrogens is 5. The number of carbonyl (C=O) groups excluding carboxylic acids is 1. The molecule has 4 heterocycles. The van der Waals surface area contributed by atoms with Gasteiger partial charge in [0.25, 0.3) is 5.56 Å². The Kier molecular flexibility index (Phi) is 5.29. The van der Waals surface area contributed by atoms with Crippen LogP contribution in [0.25, 0.3) is 33.5 Å². The van der Waals surface area contributed by atoms with Crippen LogP contribution in [0, 0.1) is 6.92 Å². The molecule has 2 N–H and O–H groups in total. The van der Waals surface area contributed by atoms with Gasteiger partial charge in [-0.05, 0) is 25.5 Å². The average Bonchev–Trinajstić information content (AvgIpc) is 3.42. The third-order valence-corrected chi connectivity index (χ3v) is 5.85. The minimum atomic E-state index is -0.385. The molecule has 1 aromatic carbocycles. The second-order valence-corrected chi connectivity index (χ2v) is 8.10. The Hall–Kier alpha value is -3.79. The first-order chi connectivity index (χ1) is 15.9. The highest BCUT2D eigenvalue weighted by Crippen LogP contribution is 2.31. The topological polar surface area (TPSA) is 128 Å². The third-order valence-electron chi connectivity index (χ3n) is 5.54. The summed E-state index contributed by atoms with van der Waals surface area (Å²) in [7, 11) is 0. The molecule has 3 aromatic heterocycles. The maximum absolute atomic E-state index is 13.4. The molecule has 0 saturated carbocycles. The van der Waals surface area contributed by atoms with Crippen molar-refractivity contribution in [2.75, 3.05) is 11.9 Å². The fourth-order valence-electron chi connectivity index (χ4n) is 3.89. The van der Waals surface area contributed by atoms with Crippen molar-refractivity contribution in [3.63, 3.8) is 0 Å². The number of carbonyl (C=O) groups is 1. The molecule has 1 saturated heterocycles. The number of aryl methyl sites for hydroxylation is 2. The zero-order valence-electron chi connectivity index (χ0n) is 17.9. The highest BCUT2D eigenvalue weighted by molar-refractivity contribution is 6.33. The minimum absolute atomic E-state index is 0.0870. The summed E-state index contributed by atoms with van der Waals surface area (Å²) < 4.78 is 6.60. The lowest BCUT2D eigenvalue weighted by atomic mass is 10.0. The molecular weight excluding hydrogens is 446 g/mol. The maximum Gasteiger partial charge on any atom is 0.260 e. The summed E-state index contributed by atoms with van der Waals surface area (Å²) in [6.07, 6.45) is 2.29. The lowest BCUT2D eigenvalue weighted by Crippen LogP contribution is -2.30. The van der Waals surface area contributed by atoms with Gasteiger partial charge in [-0.1, -0.05) is 28.9 Å². The molecule has 5 rings (SSSR count). The number of benzene rings is 1. The summed E-state index contributed by atoms with van der Waals surface area (Å²) in [6, 6.07) is 6.61. The van der Waals surface area contributed by atoms with Crippen LogP contribution in [0.3, 0.4) is 0 Å². The van der Waals surface area contributed by atoms with E-state index in [2.05, 4.69) is 30.7 Å². The number of rotatable bonds is 5. The van der Waals surface area contributed by atoms with Crippen LogP contribution in [0.15, 0.2) is 39.8 Å². The van der Waals surface area contributed by atoms with Crippen LogP contribution < -0.4 is 16.2 Å². The van der Waals surface area contributed by atoms with Gasteiger partial charge >= 0.3 is 0 Å². The van der Waals surface area contributed by atoms with Crippen molar-refractivity contribution in [3.8, 4) is 22.5 Å².